The highest BCUT2D eigenvalue weighted by Crippen LogP contribution is 2.36. The van der Waals surface area contributed by atoms with E-state index in [1.54, 1.807) is 11.8 Å². The van der Waals surface area contributed by atoms with Crippen LogP contribution in [0.25, 0.3) is 0 Å². The van der Waals surface area contributed by atoms with Gasteiger partial charge < -0.3 is 5.32 Å². The summed E-state index contributed by atoms with van der Waals surface area (Å²) in [5, 5.41) is 16.2. The molecule has 0 aliphatic heterocycles. The first-order chi connectivity index (χ1) is 9.33. The number of thioether (sulfide) groups is 1. The van der Waals surface area contributed by atoms with E-state index in [2.05, 4.69) is 52.0 Å². The molecule has 0 atom stereocenters. The maximum atomic E-state index is 4.07. The molecule has 100 valence electrons. The van der Waals surface area contributed by atoms with E-state index >= 15 is 0 Å². The fourth-order valence-electron chi connectivity index (χ4n) is 1.84. The summed E-state index contributed by atoms with van der Waals surface area (Å²) >= 11 is 1.71. The van der Waals surface area contributed by atoms with Crippen molar-refractivity contribution in [2.24, 2.45) is 0 Å². The SMILES string of the molecule is Cc1ccc(NCCSc2nnnn2C2CC2)cc1. The van der Waals surface area contributed by atoms with Gasteiger partial charge in [0.15, 0.2) is 0 Å². The number of tetrazole rings is 1. The van der Waals surface area contributed by atoms with Gasteiger partial charge in [-0.15, -0.1) is 5.10 Å². The van der Waals surface area contributed by atoms with E-state index in [-0.39, 0.29) is 0 Å². The molecule has 5 nitrogen and oxygen atoms in total. The van der Waals surface area contributed by atoms with Crippen molar-refractivity contribution in [2.45, 2.75) is 31.0 Å². The summed E-state index contributed by atoms with van der Waals surface area (Å²) in [6.07, 6.45) is 2.42. The summed E-state index contributed by atoms with van der Waals surface area (Å²) in [6, 6.07) is 8.98. The molecule has 1 aliphatic carbocycles. The predicted octanol–water partition coefficient (Wildman–Crippen LogP) is 2.52. The van der Waals surface area contributed by atoms with Crippen LogP contribution in [0.5, 0.6) is 0 Å². The lowest BCUT2D eigenvalue weighted by Crippen LogP contribution is -2.05. The molecule has 1 fully saturated rings. The molecule has 1 N–H and O–H groups in total. The topological polar surface area (TPSA) is 55.6 Å². The molecular weight excluding hydrogens is 258 g/mol. The number of hydrogen-bond donors (Lipinski definition) is 1. The fraction of sp³-hybridized carbons (Fsp3) is 0.462. The average molecular weight is 275 g/mol. The number of aryl methyl sites for hydroxylation is 1. The van der Waals surface area contributed by atoms with Crippen molar-refractivity contribution in [3.63, 3.8) is 0 Å². The lowest BCUT2D eigenvalue weighted by atomic mass is 10.2. The largest absolute Gasteiger partial charge is 0.384 e. The van der Waals surface area contributed by atoms with Crippen LogP contribution in [0.1, 0.15) is 24.4 Å². The lowest BCUT2D eigenvalue weighted by Gasteiger charge is -2.06. The van der Waals surface area contributed by atoms with E-state index in [0.29, 0.717) is 6.04 Å². The Morgan fingerprint density at radius 3 is 2.84 bits per heavy atom. The molecule has 6 heteroatoms. The monoisotopic (exact) mass is 275 g/mol. The summed E-state index contributed by atoms with van der Waals surface area (Å²) in [7, 11) is 0. The van der Waals surface area contributed by atoms with Gasteiger partial charge in [-0.2, -0.15) is 0 Å². The molecule has 0 unspecified atom stereocenters. The van der Waals surface area contributed by atoms with Gasteiger partial charge >= 0.3 is 0 Å². The molecule has 0 bridgehead atoms. The van der Waals surface area contributed by atoms with Crippen LogP contribution in [-0.4, -0.2) is 32.5 Å². The number of benzene rings is 1. The van der Waals surface area contributed by atoms with E-state index in [9.17, 15) is 0 Å². The minimum Gasteiger partial charge on any atom is -0.384 e. The number of nitrogens with one attached hydrogen (secondary N) is 1. The van der Waals surface area contributed by atoms with Crippen molar-refractivity contribution in [3.05, 3.63) is 29.8 Å². The van der Waals surface area contributed by atoms with Crippen molar-refractivity contribution >= 4 is 17.4 Å². The van der Waals surface area contributed by atoms with Crippen LogP contribution in [0.2, 0.25) is 0 Å². The van der Waals surface area contributed by atoms with Gasteiger partial charge in [-0.3, -0.25) is 0 Å². The summed E-state index contributed by atoms with van der Waals surface area (Å²) in [6.45, 7) is 3.00. The second-order valence-corrected chi connectivity index (χ2v) is 5.84. The standard InChI is InChI=1S/C13H17N5S/c1-10-2-4-11(5-3-10)14-8-9-19-13-15-16-17-18(13)12-6-7-12/h2-5,12,14H,6-9H2,1H3. The molecule has 1 saturated carbocycles. The quantitative estimate of drug-likeness (QED) is 0.648. The first-order valence-electron chi connectivity index (χ1n) is 6.54. The zero-order valence-electron chi connectivity index (χ0n) is 10.9. The summed E-state index contributed by atoms with van der Waals surface area (Å²) in [5.41, 5.74) is 2.44. The second-order valence-electron chi connectivity index (χ2n) is 4.78. The number of nitrogens with zero attached hydrogens (tertiary/aromatic N) is 4. The molecule has 0 radical (unpaired) electrons. The van der Waals surface area contributed by atoms with Gasteiger partial charge in [-0.25, -0.2) is 4.68 Å². The molecule has 0 saturated heterocycles. The highest BCUT2D eigenvalue weighted by atomic mass is 32.2. The Bertz CT molecular complexity index is 532. The van der Waals surface area contributed by atoms with E-state index in [0.717, 1.165) is 23.1 Å². The Hall–Kier alpha value is -1.56. The lowest BCUT2D eigenvalue weighted by molar-refractivity contribution is 0.565. The van der Waals surface area contributed by atoms with Crippen molar-refractivity contribution in [1.29, 1.82) is 0 Å². The predicted molar refractivity (Wildman–Crippen MR) is 76.5 cm³/mol. The Morgan fingerprint density at radius 2 is 2.11 bits per heavy atom. The van der Waals surface area contributed by atoms with Crippen LogP contribution in [0.4, 0.5) is 5.69 Å². The Kier molecular flexibility index (Phi) is 3.68. The molecule has 2 aromatic rings. The third kappa shape index (κ3) is 3.26. The van der Waals surface area contributed by atoms with Crippen LogP contribution < -0.4 is 5.32 Å². The smallest absolute Gasteiger partial charge is 0.209 e. The summed E-state index contributed by atoms with van der Waals surface area (Å²) in [5.74, 6) is 0.959. The highest BCUT2D eigenvalue weighted by molar-refractivity contribution is 7.99. The maximum Gasteiger partial charge on any atom is 0.209 e. The van der Waals surface area contributed by atoms with Crippen molar-refractivity contribution in [2.75, 3.05) is 17.6 Å². The van der Waals surface area contributed by atoms with Gasteiger partial charge in [-0.1, -0.05) is 29.5 Å². The Labute approximate surface area is 116 Å². The number of hydrogen-bond acceptors (Lipinski definition) is 5. The van der Waals surface area contributed by atoms with Crippen molar-refractivity contribution in [1.82, 2.24) is 20.2 Å². The number of aromatic nitrogens is 4. The number of rotatable bonds is 6. The Balaban J connectivity index is 1.45. The minimum absolute atomic E-state index is 0.544. The van der Waals surface area contributed by atoms with Crippen LogP contribution >= 0.6 is 11.8 Å². The van der Waals surface area contributed by atoms with Crippen LogP contribution in [0.3, 0.4) is 0 Å². The van der Waals surface area contributed by atoms with Crippen molar-refractivity contribution in [3.8, 4) is 0 Å². The highest BCUT2D eigenvalue weighted by Gasteiger charge is 2.27. The molecular formula is C13H17N5S. The molecule has 1 aromatic heterocycles. The van der Waals surface area contributed by atoms with E-state index in [1.165, 1.54) is 18.4 Å². The fourth-order valence-corrected chi connectivity index (χ4v) is 2.64. The van der Waals surface area contributed by atoms with E-state index < -0.39 is 0 Å². The third-order valence-corrected chi connectivity index (χ3v) is 4.00. The van der Waals surface area contributed by atoms with Crippen molar-refractivity contribution < 1.29 is 0 Å². The van der Waals surface area contributed by atoms with E-state index in [1.807, 2.05) is 4.68 Å². The molecule has 0 spiro atoms. The van der Waals surface area contributed by atoms with Crippen LogP contribution in [0, 0.1) is 6.92 Å². The zero-order chi connectivity index (χ0) is 13.1. The molecule has 19 heavy (non-hydrogen) atoms. The van der Waals surface area contributed by atoms with Gasteiger partial charge in [0.05, 0.1) is 6.04 Å². The van der Waals surface area contributed by atoms with Gasteiger partial charge in [0.1, 0.15) is 0 Å². The number of anilines is 1. The first-order valence-corrected chi connectivity index (χ1v) is 7.53. The first kappa shape index (κ1) is 12.5. The average Bonchev–Trinajstić information content (AvgIpc) is 3.16. The summed E-state index contributed by atoms with van der Waals surface area (Å²) in [4.78, 5) is 0. The zero-order valence-corrected chi connectivity index (χ0v) is 11.7. The van der Waals surface area contributed by atoms with Crippen LogP contribution in [-0.2, 0) is 0 Å². The molecule has 1 heterocycles. The molecule has 1 aliphatic rings. The molecule has 0 amide bonds. The van der Waals surface area contributed by atoms with Gasteiger partial charge in [0, 0.05) is 18.0 Å². The summed E-state index contributed by atoms with van der Waals surface area (Å²) < 4.78 is 1.95. The van der Waals surface area contributed by atoms with Crippen LogP contribution in [0.15, 0.2) is 29.4 Å². The van der Waals surface area contributed by atoms with Gasteiger partial charge in [0.25, 0.3) is 0 Å². The normalized spacial score (nSPS) is 14.6. The second kappa shape index (κ2) is 5.61. The van der Waals surface area contributed by atoms with Gasteiger partial charge in [0.2, 0.25) is 5.16 Å². The Morgan fingerprint density at radius 1 is 1.32 bits per heavy atom. The van der Waals surface area contributed by atoms with E-state index in [4.69, 9.17) is 0 Å². The molecule has 1 aromatic carbocycles. The third-order valence-electron chi connectivity index (χ3n) is 3.07. The maximum absolute atomic E-state index is 4.07. The van der Waals surface area contributed by atoms with Gasteiger partial charge in [-0.05, 0) is 42.3 Å². The minimum atomic E-state index is 0.544. The molecule has 3 rings (SSSR count).